The first-order valence-electron chi connectivity index (χ1n) is 8.47. The summed E-state index contributed by atoms with van der Waals surface area (Å²) in [5, 5.41) is 13.5. The molecule has 0 amide bonds. The molecule has 0 atom stereocenters. The maximum atomic E-state index is 12.4. The summed E-state index contributed by atoms with van der Waals surface area (Å²) in [5.74, 6) is 0.0943. The topological polar surface area (TPSA) is 82.8 Å². The maximum absolute atomic E-state index is 12.4. The Hall–Kier alpha value is -3.61. The minimum atomic E-state index is -0.427. The molecule has 0 spiro atoms. The van der Waals surface area contributed by atoms with Gasteiger partial charge in [-0.1, -0.05) is 48.5 Å². The predicted molar refractivity (Wildman–Crippen MR) is 100 cm³/mol. The quantitative estimate of drug-likeness (QED) is 0.521. The molecule has 2 aromatic heterocycles. The van der Waals surface area contributed by atoms with E-state index in [2.05, 4.69) is 20.4 Å². The van der Waals surface area contributed by atoms with Crippen LogP contribution in [0.4, 0.5) is 0 Å². The Balaban J connectivity index is 1.77. The van der Waals surface area contributed by atoms with Crippen LogP contribution >= 0.6 is 0 Å². The van der Waals surface area contributed by atoms with E-state index in [4.69, 9.17) is 4.74 Å². The number of esters is 1. The third kappa shape index (κ3) is 3.15. The standard InChI is InChI=1S/C20H17N5O2/c1-13-15-10-6-7-11-16(15)21-17(18(13)20(26)27-2)12-25-23-19(22-24-25)14-8-4-3-5-9-14/h3-11H,12H2,1-2H3. The zero-order chi connectivity index (χ0) is 18.8. The fourth-order valence-corrected chi connectivity index (χ4v) is 3.07. The van der Waals surface area contributed by atoms with Crippen molar-refractivity contribution in [3.05, 3.63) is 71.4 Å². The molecular formula is C20H17N5O2. The molecular weight excluding hydrogens is 342 g/mol. The number of pyridine rings is 1. The summed E-state index contributed by atoms with van der Waals surface area (Å²) in [4.78, 5) is 18.5. The molecule has 4 aromatic rings. The molecule has 134 valence electrons. The van der Waals surface area contributed by atoms with Gasteiger partial charge in [-0.3, -0.25) is 0 Å². The van der Waals surface area contributed by atoms with Crippen molar-refractivity contribution in [2.45, 2.75) is 13.5 Å². The Morgan fingerprint density at radius 3 is 2.59 bits per heavy atom. The highest BCUT2D eigenvalue weighted by Crippen LogP contribution is 2.24. The molecule has 0 N–H and O–H groups in total. The number of tetrazole rings is 1. The van der Waals surface area contributed by atoms with Crippen molar-refractivity contribution in [3.63, 3.8) is 0 Å². The second-order valence-electron chi connectivity index (χ2n) is 6.08. The van der Waals surface area contributed by atoms with E-state index in [-0.39, 0.29) is 6.54 Å². The number of hydrogen-bond donors (Lipinski definition) is 0. The van der Waals surface area contributed by atoms with Crippen LogP contribution in [0.25, 0.3) is 22.3 Å². The Kier molecular flexibility index (Phi) is 4.33. The molecule has 0 saturated carbocycles. The second kappa shape index (κ2) is 6.95. The lowest BCUT2D eigenvalue weighted by atomic mass is 10.0. The number of benzene rings is 2. The first kappa shape index (κ1) is 16.8. The molecule has 0 unspecified atom stereocenters. The van der Waals surface area contributed by atoms with Gasteiger partial charge in [-0.05, 0) is 23.8 Å². The average Bonchev–Trinajstić information content (AvgIpc) is 3.17. The SMILES string of the molecule is COC(=O)c1c(Cn2nnc(-c3ccccc3)n2)nc2ccccc2c1C. The van der Waals surface area contributed by atoms with Gasteiger partial charge >= 0.3 is 5.97 Å². The monoisotopic (exact) mass is 359 g/mol. The van der Waals surface area contributed by atoms with Gasteiger partial charge in [-0.25, -0.2) is 9.78 Å². The third-order valence-electron chi connectivity index (χ3n) is 4.39. The Bertz CT molecular complexity index is 1120. The predicted octanol–water partition coefficient (Wildman–Crippen LogP) is 3.03. The van der Waals surface area contributed by atoms with E-state index in [1.165, 1.54) is 11.9 Å². The first-order chi connectivity index (χ1) is 13.2. The van der Waals surface area contributed by atoms with E-state index in [0.29, 0.717) is 17.1 Å². The molecule has 0 aliphatic carbocycles. The zero-order valence-electron chi connectivity index (χ0n) is 15.0. The van der Waals surface area contributed by atoms with Crippen LogP contribution in [0, 0.1) is 6.92 Å². The average molecular weight is 359 g/mol. The first-order valence-corrected chi connectivity index (χ1v) is 8.47. The van der Waals surface area contributed by atoms with Crippen LogP contribution in [0.15, 0.2) is 54.6 Å². The highest BCUT2D eigenvalue weighted by Gasteiger charge is 2.20. The fraction of sp³-hybridized carbons (Fsp3) is 0.150. The van der Waals surface area contributed by atoms with Gasteiger partial charge in [0.05, 0.1) is 23.9 Å². The van der Waals surface area contributed by atoms with Crippen molar-refractivity contribution in [1.29, 1.82) is 0 Å². The Morgan fingerprint density at radius 2 is 1.81 bits per heavy atom. The van der Waals surface area contributed by atoms with E-state index in [9.17, 15) is 4.79 Å². The summed E-state index contributed by atoms with van der Waals surface area (Å²) < 4.78 is 4.97. The molecule has 7 heteroatoms. The molecule has 0 saturated heterocycles. The lowest BCUT2D eigenvalue weighted by molar-refractivity contribution is 0.0598. The normalized spacial score (nSPS) is 10.9. The van der Waals surface area contributed by atoms with Gasteiger partial charge in [0, 0.05) is 10.9 Å². The van der Waals surface area contributed by atoms with Crippen LogP contribution in [0.1, 0.15) is 21.6 Å². The molecule has 27 heavy (non-hydrogen) atoms. The van der Waals surface area contributed by atoms with Gasteiger partial charge in [0.15, 0.2) is 0 Å². The fourth-order valence-electron chi connectivity index (χ4n) is 3.07. The molecule has 0 aliphatic rings. The lowest BCUT2D eigenvalue weighted by Gasteiger charge is -2.12. The Labute approximate surface area is 155 Å². The highest BCUT2D eigenvalue weighted by molar-refractivity contribution is 5.98. The number of carbonyl (C=O) groups is 1. The second-order valence-corrected chi connectivity index (χ2v) is 6.08. The van der Waals surface area contributed by atoms with Gasteiger partial charge in [-0.15, -0.1) is 10.2 Å². The molecule has 0 bridgehead atoms. The molecule has 2 aromatic carbocycles. The summed E-state index contributed by atoms with van der Waals surface area (Å²) in [7, 11) is 1.36. The maximum Gasteiger partial charge on any atom is 0.340 e. The number of para-hydroxylation sites is 1. The Morgan fingerprint density at radius 1 is 1.07 bits per heavy atom. The van der Waals surface area contributed by atoms with Gasteiger partial charge in [0.25, 0.3) is 0 Å². The van der Waals surface area contributed by atoms with Gasteiger partial charge in [0.1, 0.15) is 6.54 Å². The summed E-state index contributed by atoms with van der Waals surface area (Å²) in [5.41, 5.74) is 3.50. The molecule has 0 radical (unpaired) electrons. The van der Waals surface area contributed by atoms with Crippen LogP contribution in [-0.2, 0) is 11.3 Å². The third-order valence-corrected chi connectivity index (χ3v) is 4.39. The van der Waals surface area contributed by atoms with E-state index >= 15 is 0 Å². The van der Waals surface area contributed by atoms with Crippen molar-refractivity contribution in [2.75, 3.05) is 7.11 Å². The number of carbonyl (C=O) groups excluding carboxylic acids is 1. The zero-order valence-corrected chi connectivity index (χ0v) is 15.0. The van der Waals surface area contributed by atoms with Crippen molar-refractivity contribution in [3.8, 4) is 11.4 Å². The summed E-state index contributed by atoms with van der Waals surface area (Å²) in [6, 6.07) is 17.3. The molecule has 7 nitrogen and oxygen atoms in total. The number of aryl methyl sites for hydroxylation is 1. The van der Waals surface area contributed by atoms with E-state index in [0.717, 1.165) is 22.0 Å². The van der Waals surface area contributed by atoms with Crippen LogP contribution in [0.2, 0.25) is 0 Å². The molecule has 2 heterocycles. The van der Waals surface area contributed by atoms with E-state index in [1.54, 1.807) is 0 Å². The van der Waals surface area contributed by atoms with Crippen LogP contribution in [0.5, 0.6) is 0 Å². The number of aromatic nitrogens is 5. The number of methoxy groups -OCH3 is 1. The van der Waals surface area contributed by atoms with Crippen LogP contribution < -0.4 is 0 Å². The molecule has 4 rings (SSSR count). The van der Waals surface area contributed by atoms with Crippen molar-refractivity contribution < 1.29 is 9.53 Å². The molecule has 0 aliphatic heterocycles. The van der Waals surface area contributed by atoms with Crippen LogP contribution in [-0.4, -0.2) is 38.3 Å². The van der Waals surface area contributed by atoms with Gasteiger partial charge < -0.3 is 4.74 Å². The van der Waals surface area contributed by atoms with Gasteiger partial charge in [0.2, 0.25) is 5.82 Å². The number of hydrogen-bond acceptors (Lipinski definition) is 6. The largest absolute Gasteiger partial charge is 0.465 e. The number of nitrogens with zero attached hydrogens (tertiary/aromatic N) is 5. The smallest absolute Gasteiger partial charge is 0.340 e. The summed E-state index contributed by atoms with van der Waals surface area (Å²) in [6.45, 7) is 2.11. The van der Waals surface area contributed by atoms with Crippen molar-refractivity contribution in [1.82, 2.24) is 25.2 Å². The molecule has 0 fully saturated rings. The lowest BCUT2D eigenvalue weighted by Crippen LogP contribution is -2.15. The van der Waals surface area contributed by atoms with Crippen LogP contribution in [0.3, 0.4) is 0 Å². The van der Waals surface area contributed by atoms with Crippen molar-refractivity contribution in [2.24, 2.45) is 0 Å². The number of fused-ring (bicyclic) bond motifs is 1. The summed E-state index contributed by atoms with van der Waals surface area (Å²) >= 11 is 0. The van der Waals surface area contributed by atoms with E-state index < -0.39 is 5.97 Å². The minimum absolute atomic E-state index is 0.218. The number of ether oxygens (including phenoxy) is 1. The highest BCUT2D eigenvalue weighted by atomic mass is 16.5. The number of rotatable bonds is 4. The summed E-state index contributed by atoms with van der Waals surface area (Å²) in [6.07, 6.45) is 0. The van der Waals surface area contributed by atoms with E-state index in [1.807, 2.05) is 61.5 Å². The van der Waals surface area contributed by atoms with Crippen molar-refractivity contribution >= 4 is 16.9 Å². The van der Waals surface area contributed by atoms with Gasteiger partial charge in [-0.2, -0.15) is 4.80 Å². The minimum Gasteiger partial charge on any atom is -0.465 e.